The van der Waals surface area contributed by atoms with Gasteiger partial charge in [0, 0.05) is 18.8 Å². The average molecular weight is 312 g/mol. The van der Waals surface area contributed by atoms with Gasteiger partial charge < -0.3 is 10.8 Å². The Morgan fingerprint density at radius 2 is 2.00 bits per heavy atom. The van der Waals surface area contributed by atoms with Crippen LogP contribution in [0.1, 0.15) is 30.6 Å². The zero-order valence-electron chi connectivity index (χ0n) is 12.1. The van der Waals surface area contributed by atoms with Crippen molar-refractivity contribution < 1.29 is 18.3 Å². The van der Waals surface area contributed by atoms with Crippen molar-refractivity contribution in [3.05, 3.63) is 23.8 Å². The van der Waals surface area contributed by atoms with Gasteiger partial charge in [0.1, 0.15) is 0 Å². The van der Waals surface area contributed by atoms with Crippen LogP contribution in [0.15, 0.2) is 23.1 Å². The highest BCUT2D eigenvalue weighted by molar-refractivity contribution is 7.89. The van der Waals surface area contributed by atoms with Gasteiger partial charge in [-0.3, -0.25) is 0 Å². The Kier molecular flexibility index (Phi) is 4.25. The minimum Gasteiger partial charge on any atom is -0.478 e. The highest BCUT2D eigenvalue weighted by Gasteiger charge is 2.34. The quantitative estimate of drug-likeness (QED) is 0.826. The Morgan fingerprint density at radius 3 is 2.57 bits per heavy atom. The van der Waals surface area contributed by atoms with E-state index in [1.807, 2.05) is 6.92 Å². The molecule has 6 nitrogen and oxygen atoms in total. The molecule has 116 valence electrons. The summed E-state index contributed by atoms with van der Waals surface area (Å²) in [6, 6.07) is 3.87. The first-order chi connectivity index (χ1) is 9.73. The molecule has 7 heteroatoms. The van der Waals surface area contributed by atoms with E-state index in [0.717, 1.165) is 6.42 Å². The van der Waals surface area contributed by atoms with Crippen LogP contribution < -0.4 is 5.73 Å². The van der Waals surface area contributed by atoms with Gasteiger partial charge >= 0.3 is 5.97 Å². The number of sulfonamides is 1. The number of rotatable bonds is 3. The maximum absolute atomic E-state index is 12.7. The van der Waals surface area contributed by atoms with Gasteiger partial charge in [-0.15, -0.1) is 0 Å². The molecule has 0 aliphatic carbocycles. The predicted octanol–water partition coefficient (Wildman–Crippen LogP) is 1.63. The van der Waals surface area contributed by atoms with Gasteiger partial charge in [-0.25, -0.2) is 13.2 Å². The SMILES string of the molecule is CC1CCN(S(=O)(=O)c2ccc(N)cc2C(=O)O)CC1C. The van der Waals surface area contributed by atoms with Crippen molar-refractivity contribution in [2.45, 2.75) is 25.2 Å². The van der Waals surface area contributed by atoms with E-state index in [1.165, 1.54) is 22.5 Å². The Hall–Kier alpha value is -1.60. The molecule has 0 bridgehead atoms. The monoisotopic (exact) mass is 312 g/mol. The van der Waals surface area contributed by atoms with E-state index in [-0.39, 0.29) is 22.1 Å². The van der Waals surface area contributed by atoms with Gasteiger partial charge in [-0.05, 0) is 36.5 Å². The maximum atomic E-state index is 12.7. The number of nitrogen functional groups attached to an aromatic ring is 1. The minimum atomic E-state index is -3.81. The molecule has 3 N–H and O–H groups in total. The maximum Gasteiger partial charge on any atom is 0.337 e. The van der Waals surface area contributed by atoms with Crippen molar-refractivity contribution in [3.8, 4) is 0 Å². The molecule has 1 aromatic carbocycles. The van der Waals surface area contributed by atoms with E-state index in [1.54, 1.807) is 0 Å². The van der Waals surface area contributed by atoms with Crippen molar-refractivity contribution in [3.63, 3.8) is 0 Å². The second-order valence-corrected chi connectivity index (χ2v) is 7.57. The van der Waals surface area contributed by atoms with E-state index in [2.05, 4.69) is 6.92 Å². The van der Waals surface area contributed by atoms with Crippen LogP contribution in [-0.2, 0) is 10.0 Å². The topological polar surface area (TPSA) is 101 Å². The third kappa shape index (κ3) is 3.03. The van der Waals surface area contributed by atoms with Crippen molar-refractivity contribution in [2.24, 2.45) is 11.8 Å². The van der Waals surface area contributed by atoms with Crippen molar-refractivity contribution >= 4 is 21.7 Å². The normalized spacial score (nSPS) is 23.9. The largest absolute Gasteiger partial charge is 0.478 e. The van der Waals surface area contributed by atoms with Crippen LogP contribution >= 0.6 is 0 Å². The number of hydrogen-bond acceptors (Lipinski definition) is 4. The molecule has 1 aromatic rings. The van der Waals surface area contributed by atoms with Gasteiger partial charge in [0.25, 0.3) is 0 Å². The van der Waals surface area contributed by atoms with Crippen LogP contribution in [0.3, 0.4) is 0 Å². The minimum absolute atomic E-state index is 0.189. The third-order valence-corrected chi connectivity index (χ3v) is 6.07. The Balaban J connectivity index is 2.43. The Bertz CT molecular complexity index is 657. The van der Waals surface area contributed by atoms with Gasteiger partial charge in [0.15, 0.2) is 0 Å². The smallest absolute Gasteiger partial charge is 0.337 e. The zero-order chi connectivity index (χ0) is 15.8. The number of carbonyl (C=O) groups is 1. The number of anilines is 1. The first-order valence-corrected chi connectivity index (χ1v) is 8.30. The van der Waals surface area contributed by atoms with Crippen molar-refractivity contribution in [1.82, 2.24) is 4.31 Å². The molecule has 21 heavy (non-hydrogen) atoms. The molecule has 2 rings (SSSR count). The zero-order valence-corrected chi connectivity index (χ0v) is 12.9. The molecule has 1 fully saturated rings. The van der Waals surface area contributed by atoms with Crippen LogP contribution in [-0.4, -0.2) is 36.9 Å². The molecule has 2 atom stereocenters. The molecule has 0 radical (unpaired) electrons. The summed E-state index contributed by atoms with van der Waals surface area (Å²) in [5, 5.41) is 9.21. The lowest BCUT2D eigenvalue weighted by molar-refractivity contribution is 0.0692. The predicted molar refractivity (Wildman–Crippen MR) is 79.5 cm³/mol. The van der Waals surface area contributed by atoms with Crippen LogP contribution in [0.25, 0.3) is 0 Å². The summed E-state index contributed by atoms with van der Waals surface area (Å²) in [4.78, 5) is 11.1. The van der Waals surface area contributed by atoms with E-state index in [9.17, 15) is 18.3 Å². The lowest BCUT2D eigenvalue weighted by atomic mass is 9.90. The van der Waals surface area contributed by atoms with E-state index >= 15 is 0 Å². The molecule has 2 unspecified atom stereocenters. The van der Waals surface area contributed by atoms with E-state index in [0.29, 0.717) is 19.0 Å². The fraction of sp³-hybridized carbons (Fsp3) is 0.500. The summed E-state index contributed by atoms with van der Waals surface area (Å²) in [6.07, 6.45) is 0.776. The Labute approximate surface area is 124 Å². The molecule has 1 saturated heterocycles. The number of aromatic carboxylic acids is 1. The second kappa shape index (κ2) is 5.65. The highest BCUT2D eigenvalue weighted by atomic mass is 32.2. The number of benzene rings is 1. The number of carboxylic acid groups (broad SMARTS) is 1. The van der Waals surface area contributed by atoms with Crippen molar-refractivity contribution in [2.75, 3.05) is 18.8 Å². The third-order valence-electron chi connectivity index (χ3n) is 4.15. The number of hydrogen-bond donors (Lipinski definition) is 2. The second-order valence-electron chi connectivity index (χ2n) is 5.67. The van der Waals surface area contributed by atoms with Gasteiger partial charge in [-0.2, -0.15) is 4.31 Å². The molecule has 0 saturated carbocycles. The molecule has 0 spiro atoms. The molecule has 1 aliphatic rings. The highest BCUT2D eigenvalue weighted by Crippen LogP contribution is 2.29. The van der Waals surface area contributed by atoms with Gasteiger partial charge in [0.05, 0.1) is 10.5 Å². The summed E-state index contributed by atoms with van der Waals surface area (Å²) in [7, 11) is -3.81. The molecular weight excluding hydrogens is 292 g/mol. The fourth-order valence-electron chi connectivity index (χ4n) is 2.52. The first-order valence-electron chi connectivity index (χ1n) is 6.86. The summed E-state index contributed by atoms with van der Waals surface area (Å²) < 4.78 is 26.8. The summed E-state index contributed by atoms with van der Waals surface area (Å²) in [5.41, 5.74) is 5.51. The summed E-state index contributed by atoms with van der Waals surface area (Å²) in [6.45, 7) is 4.93. The summed E-state index contributed by atoms with van der Waals surface area (Å²) >= 11 is 0. The molecule has 0 amide bonds. The van der Waals surface area contributed by atoms with Gasteiger partial charge in [0.2, 0.25) is 10.0 Å². The lowest BCUT2D eigenvalue weighted by Crippen LogP contribution is -2.42. The van der Waals surface area contributed by atoms with E-state index in [4.69, 9.17) is 5.73 Å². The number of nitrogens with zero attached hydrogens (tertiary/aromatic N) is 1. The lowest BCUT2D eigenvalue weighted by Gasteiger charge is -2.34. The van der Waals surface area contributed by atoms with Gasteiger partial charge in [-0.1, -0.05) is 13.8 Å². The van der Waals surface area contributed by atoms with Crippen molar-refractivity contribution in [1.29, 1.82) is 0 Å². The van der Waals surface area contributed by atoms with Crippen LogP contribution in [0.4, 0.5) is 5.69 Å². The van der Waals surface area contributed by atoms with Crippen LogP contribution in [0, 0.1) is 11.8 Å². The van der Waals surface area contributed by atoms with Crippen LogP contribution in [0.2, 0.25) is 0 Å². The molecular formula is C14H20N2O4S. The fourth-order valence-corrected chi connectivity index (χ4v) is 4.24. The Morgan fingerprint density at radius 1 is 1.33 bits per heavy atom. The average Bonchev–Trinajstić information content (AvgIpc) is 2.41. The molecule has 0 aromatic heterocycles. The molecule has 1 aliphatic heterocycles. The molecule has 1 heterocycles. The number of nitrogens with two attached hydrogens (primary N) is 1. The standard InChI is InChI=1S/C14H20N2O4S/c1-9-5-6-16(8-10(9)2)21(19,20)13-4-3-11(15)7-12(13)14(17)18/h3-4,7,9-10H,5-6,8,15H2,1-2H3,(H,17,18). The first kappa shape index (κ1) is 15.8. The van der Waals surface area contributed by atoms with Crippen LogP contribution in [0.5, 0.6) is 0 Å². The van der Waals surface area contributed by atoms with E-state index < -0.39 is 16.0 Å². The number of piperidine rings is 1. The summed E-state index contributed by atoms with van der Waals surface area (Å²) in [5.74, 6) is -0.586. The number of carboxylic acids is 1.